The summed E-state index contributed by atoms with van der Waals surface area (Å²) < 4.78 is 17.2. The van der Waals surface area contributed by atoms with Gasteiger partial charge in [-0.15, -0.1) is 0 Å². The van der Waals surface area contributed by atoms with Crippen LogP contribution in [-0.4, -0.2) is 26.9 Å². The lowest BCUT2D eigenvalue weighted by Crippen LogP contribution is -2.32. The van der Waals surface area contributed by atoms with E-state index in [0.717, 1.165) is 36.3 Å². The van der Waals surface area contributed by atoms with Gasteiger partial charge in [0.1, 0.15) is 5.67 Å². The van der Waals surface area contributed by atoms with Crippen LogP contribution in [0.3, 0.4) is 0 Å². The van der Waals surface area contributed by atoms with Crippen molar-refractivity contribution < 1.29 is 9.18 Å². The summed E-state index contributed by atoms with van der Waals surface area (Å²) in [7, 11) is 0. The number of aryl methyl sites for hydroxylation is 1. The van der Waals surface area contributed by atoms with Gasteiger partial charge in [-0.25, -0.2) is 9.37 Å². The van der Waals surface area contributed by atoms with E-state index in [1.165, 1.54) is 0 Å². The lowest BCUT2D eigenvalue weighted by molar-refractivity contribution is 0.0452. The van der Waals surface area contributed by atoms with E-state index in [4.69, 9.17) is 0 Å². The Morgan fingerprint density at radius 2 is 1.78 bits per heavy atom. The molecule has 0 radical (unpaired) electrons. The first-order chi connectivity index (χ1) is 12.6. The molecule has 1 aromatic carbocycles. The molecule has 0 spiro atoms. The van der Waals surface area contributed by atoms with Gasteiger partial charge in [0.05, 0.1) is 18.1 Å². The lowest BCUT2D eigenvalue weighted by Gasteiger charge is -2.35. The SMILES string of the molecule is CCCCN1Cn2c(nc(C)c2-c2ccc(C(C)(F)C(C)(C)C)cc2)C1=O. The summed E-state index contributed by atoms with van der Waals surface area (Å²) in [5, 5.41) is 0. The van der Waals surface area contributed by atoms with Crippen LogP contribution in [0.25, 0.3) is 11.3 Å². The van der Waals surface area contributed by atoms with Crippen LogP contribution in [0.2, 0.25) is 0 Å². The molecule has 1 aliphatic heterocycles. The number of imidazole rings is 1. The van der Waals surface area contributed by atoms with Crippen LogP contribution >= 0.6 is 0 Å². The summed E-state index contributed by atoms with van der Waals surface area (Å²) in [4.78, 5) is 19.0. The molecule has 27 heavy (non-hydrogen) atoms. The number of nitrogens with zero attached hydrogens (tertiary/aromatic N) is 3. The molecular weight excluding hydrogens is 341 g/mol. The standard InChI is InChI=1S/C22H30FN3O/c1-7-8-13-25-14-26-18(15(2)24-19(26)20(25)27)16-9-11-17(12-10-16)22(6,23)21(3,4)5/h9-12H,7-8,13-14H2,1-6H3. The fourth-order valence-electron chi connectivity index (χ4n) is 3.51. The molecular formula is C22H30FN3O. The van der Waals surface area contributed by atoms with E-state index < -0.39 is 11.1 Å². The number of fused-ring (bicyclic) bond motifs is 1. The van der Waals surface area contributed by atoms with Gasteiger partial charge in [0.2, 0.25) is 5.82 Å². The molecule has 4 nitrogen and oxygen atoms in total. The summed E-state index contributed by atoms with van der Waals surface area (Å²) in [6.45, 7) is 12.7. The Morgan fingerprint density at radius 3 is 2.33 bits per heavy atom. The van der Waals surface area contributed by atoms with Crippen LogP contribution in [0.15, 0.2) is 24.3 Å². The molecule has 0 saturated heterocycles. The van der Waals surface area contributed by atoms with Crippen molar-refractivity contribution in [2.24, 2.45) is 5.41 Å². The minimum Gasteiger partial charge on any atom is -0.318 e. The number of hydrogen-bond acceptors (Lipinski definition) is 2. The highest BCUT2D eigenvalue weighted by Gasteiger charge is 2.39. The summed E-state index contributed by atoms with van der Waals surface area (Å²) in [5.41, 5.74) is 1.49. The molecule has 5 heteroatoms. The summed E-state index contributed by atoms with van der Waals surface area (Å²) in [6.07, 6.45) is 2.04. The monoisotopic (exact) mass is 371 g/mol. The maximum absolute atomic E-state index is 15.3. The number of aromatic nitrogens is 2. The fraction of sp³-hybridized carbons (Fsp3) is 0.545. The van der Waals surface area contributed by atoms with Crippen LogP contribution in [-0.2, 0) is 12.3 Å². The molecule has 2 aromatic rings. The van der Waals surface area contributed by atoms with Crippen molar-refractivity contribution in [3.63, 3.8) is 0 Å². The molecule has 1 aliphatic rings. The van der Waals surface area contributed by atoms with Crippen molar-refractivity contribution in [3.05, 3.63) is 41.3 Å². The lowest BCUT2D eigenvalue weighted by atomic mass is 9.75. The van der Waals surface area contributed by atoms with E-state index in [1.54, 1.807) is 6.92 Å². The van der Waals surface area contributed by atoms with Gasteiger partial charge in [-0.05, 0) is 31.2 Å². The Bertz CT molecular complexity index is 844. The quantitative estimate of drug-likeness (QED) is 0.715. The van der Waals surface area contributed by atoms with Gasteiger partial charge in [-0.2, -0.15) is 0 Å². The normalized spacial score (nSPS) is 16.6. The second kappa shape index (κ2) is 6.77. The van der Waals surface area contributed by atoms with Gasteiger partial charge in [0, 0.05) is 12.1 Å². The zero-order valence-corrected chi connectivity index (χ0v) is 17.3. The van der Waals surface area contributed by atoms with E-state index in [9.17, 15) is 4.79 Å². The summed E-state index contributed by atoms with van der Waals surface area (Å²) in [5.74, 6) is 0.506. The molecule has 1 unspecified atom stereocenters. The second-order valence-corrected chi connectivity index (χ2v) is 8.69. The molecule has 1 atom stereocenters. The van der Waals surface area contributed by atoms with Gasteiger partial charge in [0.15, 0.2) is 0 Å². The first-order valence-corrected chi connectivity index (χ1v) is 9.74. The zero-order chi connectivity index (χ0) is 20.0. The zero-order valence-electron chi connectivity index (χ0n) is 17.3. The van der Waals surface area contributed by atoms with Crippen LogP contribution in [0.4, 0.5) is 4.39 Å². The molecule has 0 fully saturated rings. The van der Waals surface area contributed by atoms with Crippen LogP contribution in [0, 0.1) is 12.3 Å². The van der Waals surface area contributed by atoms with Crippen molar-refractivity contribution in [2.75, 3.05) is 6.54 Å². The smallest absolute Gasteiger partial charge is 0.291 e. The largest absolute Gasteiger partial charge is 0.318 e. The third-order valence-electron chi connectivity index (χ3n) is 5.82. The molecule has 0 aliphatic carbocycles. The first kappa shape index (κ1) is 19.6. The number of benzene rings is 1. The predicted molar refractivity (Wildman–Crippen MR) is 106 cm³/mol. The van der Waals surface area contributed by atoms with Gasteiger partial charge in [0.25, 0.3) is 5.91 Å². The number of carbonyl (C=O) groups excluding carboxylic acids is 1. The maximum Gasteiger partial charge on any atom is 0.291 e. The highest BCUT2D eigenvalue weighted by atomic mass is 19.1. The van der Waals surface area contributed by atoms with Crippen molar-refractivity contribution in [2.45, 2.75) is 66.7 Å². The Labute approximate surface area is 161 Å². The number of hydrogen-bond donors (Lipinski definition) is 0. The molecule has 0 bridgehead atoms. The Morgan fingerprint density at radius 1 is 1.15 bits per heavy atom. The minimum atomic E-state index is -1.42. The number of amides is 1. The number of rotatable bonds is 5. The number of alkyl halides is 1. The van der Waals surface area contributed by atoms with Crippen molar-refractivity contribution in [3.8, 4) is 11.3 Å². The second-order valence-electron chi connectivity index (χ2n) is 8.69. The highest BCUT2D eigenvalue weighted by Crippen LogP contribution is 2.43. The molecule has 2 heterocycles. The average molecular weight is 372 g/mol. The van der Waals surface area contributed by atoms with E-state index in [2.05, 4.69) is 11.9 Å². The van der Waals surface area contributed by atoms with E-state index in [0.29, 0.717) is 18.1 Å². The molecule has 3 rings (SSSR count). The van der Waals surface area contributed by atoms with Crippen molar-refractivity contribution in [1.29, 1.82) is 0 Å². The first-order valence-electron chi connectivity index (χ1n) is 9.74. The van der Waals surface area contributed by atoms with Gasteiger partial charge < -0.3 is 9.47 Å². The van der Waals surface area contributed by atoms with E-state index >= 15 is 4.39 Å². The Balaban J connectivity index is 1.94. The molecule has 1 aromatic heterocycles. The number of halogens is 1. The number of unbranched alkanes of at least 4 members (excludes halogenated alkanes) is 1. The van der Waals surface area contributed by atoms with Crippen LogP contribution in [0.5, 0.6) is 0 Å². The average Bonchev–Trinajstić information content (AvgIpc) is 3.07. The molecule has 1 amide bonds. The van der Waals surface area contributed by atoms with Gasteiger partial charge >= 0.3 is 0 Å². The van der Waals surface area contributed by atoms with Crippen molar-refractivity contribution in [1.82, 2.24) is 14.5 Å². The van der Waals surface area contributed by atoms with Gasteiger partial charge in [-0.3, -0.25) is 4.79 Å². The fourth-order valence-corrected chi connectivity index (χ4v) is 3.51. The van der Waals surface area contributed by atoms with E-state index in [1.807, 2.05) is 61.4 Å². The molecule has 146 valence electrons. The van der Waals surface area contributed by atoms with Gasteiger partial charge in [-0.1, -0.05) is 58.4 Å². The van der Waals surface area contributed by atoms with Crippen LogP contribution < -0.4 is 0 Å². The summed E-state index contributed by atoms with van der Waals surface area (Å²) >= 11 is 0. The topological polar surface area (TPSA) is 38.1 Å². The third kappa shape index (κ3) is 3.28. The number of carbonyl (C=O) groups is 1. The predicted octanol–water partition coefficient (Wildman–Crippen LogP) is 5.30. The molecule has 0 N–H and O–H groups in total. The maximum atomic E-state index is 15.3. The minimum absolute atomic E-state index is 0.00140. The van der Waals surface area contributed by atoms with Crippen molar-refractivity contribution >= 4 is 5.91 Å². The summed E-state index contributed by atoms with van der Waals surface area (Å²) in [6, 6.07) is 7.59. The molecule has 0 saturated carbocycles. The highest BCUT2D eigenvalue weighted by molar-refractivity contribution is 5.94. The Hall–Kier alpha value is -2.17. The van der Waals surface area contributed by atoms with Crippen LogP contribution in [0.1, 0.15) is 69.3 Å². The Kier molecular flexibility index (Phi) is 4.91. The third-order valence-corrected chi connectivity index (χ3v) is 5.82. The van der Waals surface area contributed by atoms with E-state index in [-0.39, 0.29) is 5.91 Å².